The number of amides is 2. The van der Waals surface area contributed by atoms with Crippen LogP contribution in [0.3, 0.4) is 0 Å². The van der Waals surface area contributed by atoms with Gasteiger partial charge in [-0.1, -0.05) is 66.2 Å². The molecule has 0 bridgehead atoms. The third-order valence-electron chi connectivity index (χ3n) is 6.15. The number of sulfonamides is 1. The van der Waals surface area contributed by atoms with Crippen molar-refractivity contribution in [1.29, 1.82) is 0 Å². The number of rotatable bonds is 12. The van der Waals surface area contributed by atoms with Crippen LogP contribution in [-0.4, -0.2) is 56.1 Å². The van der Waals surface area contributed by atoms with Crippen LogP contribution in [0.2, 0.25) is 5.02 Å². The Morgan fingerprint density at radius 3 is 2.12 bits per heavy atom. The Kier molecular flexibility index (Phi) is 10.8. The molecule has 0 radical (unpaired) electrons. The van der Waals surface area contributed by atoms with Crippen molar-refractivity contribution in [3.63, 3.8) is 0 Å². The first-order valence-electron chi connectivity index (χ1n) is 13.4. The maximum Gasteiger partial charge on any atom is 0.244 e. The van der Waals surface area contributed by atoms with Gasteiger partial charge in [-0.2, -0.15) is 0 Å². The maximum absolute atomic E-state index is 14.2. The summed E-state index contributed by atoms with van der Waals surface area (Å²) >= 11 is 6.10. The average molecular weight is 600 g/mol. The monoisotopic (exact) mass is 599 g/mol. The number of hydrogen-bond acceptors (Lipinski definition) is 5. The number of carbonyl (C=O) groups excluding carboxylic acids is 2. The van der Waals surface area contributed by atoms with E-state index in [9.17, 15) is 18.0 Å². The van der Waals surface area contributed by atoms with Gasteiger partial charge in [0.15, 0.2) is 0 Å². The summed E-state index contributed by atoms with van der Waals surface area (Å²) in [6.07, 6.45) is 1.27. The third kappa shape index (κ3) is 9.50. The van der Waals surface area contributed by atoms with E-state index in [1.807, 2.05) is 51.1 Å². The van der Waals surface area contributed by atoms with Crippen molar-refractivity contribution in [3.05, 3.63) is 95.0 Å². The Hall–Kier alpha value is -3.56. The van der Waals surface area contributed by atoms with Crippen LogP contribution in [0.5, 0.6) is 5.75 Å². The maximum atomic E-state index is 14.2. The number of halogens is 1. The minimum atomic E-state index is -3.91. The van der Waals surface area contributed by atoms with E-state index >= 15 is 0 Å². The van der Waals surface area contributed by atoms with Gasteiger partial charge in [0.2, 0.25) is 21.8 Å². The molecule has 0 fully saturated rings. The lowest BCUT2D eigenvalue weighted by Crippen LogP contribution is -2.56. The third-order valence-corrected chi connectivity index (χ3v) is 7.53. The van der Waals surface area contributed by atoms with Crippen molar-refractivity contribution in [2.75, 3.05) is 23.7 Å². The van der Waals surface area contributed by atoms with Crippen LogP contribution in [0.4, 0.5) is 5.69 Å². The van der Waals surface area contributed by atoms with E-state index in [1.54, 1.807) is 55.5 Å². The molecule has 3 aromatic carbocycles. The Balaban J connectivity index is 2.09. The molecule has 0 aliphatic rings. The van der Waals surface area contributed by atoms with Gasteiger partial charge in [0.05, 0.1) is 18.6 Å². The Morgan fingerprint density at radius 1 is 0.927 bits per heavy atom. The zero-order chi connectivity index (χ0) is 30.2. The van der Waals surface area contributed by atoms with Gasteiger partial charge in [0.1, 0.15) is 18.3 Å². The molecule has 41 heavy (non-hydrogen) atoms. The standard InChI is InChI=1S/C31H38ClN3O5S/c1-6-40-28-15-11-10-14-26(28)35(41(5,38)39)22-29(36)34(21-24-16-18-25(32)19-17-24)27(30(37)33-31(2,3)4)20-23-12-8-7-9-13-23/h7-19,27H,6,20-22H2,1-5H3,(H,33,37)/t27-/m1/s1. The summed E-state index contributed by atoms with van der Waals surface area (Å²) in [6.45, 7) is 7.25. The summed E-state index contributed by atoms with van der Waals surface area (Å²) in [4.78, 5) is 29.4. The molecular weight excluding hydrogens is 562 g/mol. The molecule has 1 N–H and O–H groups in total. The molecule has 1 atom stereocenters. The van der Waals surface area contributed by atoms with E-state index in [2.05, 4.69) is 5.32 Å². The zero-order valence-electron chi connectivity index (χ0n) is 24.1. The molecule has 0 aromatic heterocycles. The number of nitrogens with zero attached hydrogens (tertiary/aromatic N) is 2. The zero-order valence-corrected chi connectivity index (χ0v) is 25.7. The predicted octanol–water partition coefficient (Wildman–Crippen LogP) is 5.06. The minimum Gasteiger partial charge on any atom is -0.492 e. The van der Waals surface area contributed by atoms with Crippen molar-refractivity contribution < 1.29 is 22.7 Å². The van der Waals surface area contributed by atoms with Crippen LogP contribution in [-0.2, 0) is 32.6 Å². The highest BCUT2D eigenvalue weighted by atomic mass is 35.5. The summed E-state index contributed by atoms with van der Waals surface area (Å²) < 4.78 is 32.8. The lowest BCUT2D eigenvalue weighted by molar-refractivity contribution is -0.140. The second kappa shape index (κ2) is 13.9. The predicted molar refractivity (Wildman–Crippen MR) is 164 cm³/mol. The van der Waals surface area contributed by atoms with Crippen molar-refractivity contribution in [3.8, 4) is 5.75 Å². The molecule has 3 aromatic rings. The van der Waals surface area contributed by atoms with Crippen LogP contribution in [0.15, 0.2) is 78.9 Å². The molecule has 3 rings (SSSR count). The molecule has 0 aliphatic carbocycles. The Morgan fingerprint density at radius 2 is 1.54 bits per heavy atom. The van der Waals surface area contributed by atoms with Crippen molar-refractivity contribution in [2.45, 2.75) is 52.2 Å². The molecule has 2 amide bonds. The minimum absolute atomic E-state index is 0.0653. The number of para-hydroxylation sites is 2. The summed E-state index contributed by atoms with van der Waals surface area (Å²) in [5.74, 6) is -0.547. The summed E-state index contributed by atoms with van der Waals surface area (Å²) in [5, 5.41) is 3.54. The second-order valence-electron chi connectivity index (χ2n) is 10.8. The summed E-state index contributed by atoms with van der Waals surface area (Å²) in [7, 11) is -3.91. The van der Waals surface area contributed by atoms with Gasteiger partial charge in [-0.15, -0.1) is 0 Å². The van der Waals surface area contributed by atoms with Gasteiger partial charge in [0.25, 0.3) is 0 Å². The number of carbonyl (C=O) groups is 2. The van der Waals surface area contributed by atoms with Gasteiger partial charge >= 0.3 is 0 Å². The smallest absolute Gasteiger partial charge is 0.244 e. The van der Waals surface area contributed by atoms with Gasteiger partial charge in [-0.3, -0.25) is 13.9 Å². The van der Waals surface area contributed by atoms with Crippen LogP contribution in [0.25, 0.3) is 0 Å². The average Bonchev–Trinajstić information content (AvgIpc) is 2.90. The number of ether oxygens (including phenoxy) is 1. The molecule has 0 spiro atoms. The van der Waals surface area contributed by atoms with E-state index in [0.717, 1.165) is 21.7 Å². The number of anilines is 1. The normalized spacial score (nSPS) is 12.3. The number of nitrogens with one attached hydrogen (secondary N) is 1. The topological polar surface area (TPSA) is 96.0 Å². The largest absolute Gasteiger partial charge is 0.492 e. The molecule has 8 nitrogen and oxygen atoms in total. The highest BCUT2D eigenvalue weighted by Crippen LogP contribution is 2.30. The van der Waals surface area contributed by atoms with Crippen LogP contribution >= 0.6 is 11.6 Å². The van der Waals surface area contributed by atoms with Crippen molar-refractivity contribution >= 4 is 39.1 Å². The van der Waals surface area contributed by atoms with Gasteiger partial charge in [-0.25, -0.2) is 8.42 Å². The molecule has 0 aliphatic heterocycles. The van der Waals surface area contributed by atoms with Crippen LogP contribution in [0, 0.1) is 0 Å². The molecule has 220 valence electrons. The highest BCUT2D eigenvalue weighted by Gasteiger charge is 2.34. The lowest BCUT2D eigenvalue weighted by atomic mass is 10.0. The fourth-order valence-electron chi connectivity index (χ4n) is 4.33. The summed E-state index contributed by atoms with van der Waals surface area (Å²) in [5.41, 5.74) is 1.29. The van der Waals surface area contributed by atoms with Gasteiger partial charge in [-0.05, 0) is 63.1 Å². The molecule has 0 saturated carbocycles. The van der Waals surface area contributed by atoms with Crippen molar-refractivity contribution in [1.82, 2.24) is 10.2 Å². The van der Waals surface area contributed by atoms with Crippen LogP contribution in [0.1, 0.15) is 38.8 Å². The highest BCUT2D eigenvalue weighted by molar-refractivity contribution is 7.92. The van der Waals surface area contributed by atoms with E-state index in [-0.39, 0.29) is 24.6 Å². The fourth-order valence-corrected chi connectivity index (χ4v) is 5.31. The van der Waals surface area contributed by atoms with Crippen LogP contribution < -0.4 is 14.4 Å². The molecule has 0 saturated heterocycles. The first-order valence-corrected chi connectivity index (χ1v) is 15.6. The SMILES string of the molecule is CCOc1ccccc1N(CC(=O)N(Cc1ccc(Cl)cc1)[C@H](Cc1ccccc1)C(=O)NC(C)(C)C)S(C)(=O)=O. The molecule has 0 unspecified atom stereocenters. The van der Waals surface area contributed by atoms with Crippen molar-refractivity contribution in [2.24, 2.45) is 0 Å². The molecule has 10 heteroatoms. The van der Waals surface area contributed by atoms with E-state index in [0.29, 0.717) is 17.4 Å². The first kappa shape index (κ1) is 32.0. The lowest BCUT2D eigenvalue weighted by Gasteiger charge is -2.35. The number of benzene rings is 3. The first-order chi connectivity index (χ1) is 19.3. The fraction of sp³-hybridized carbons (Fsp3) is 0.355. The van der Waals surface area contributed by atoms with E-state index in [4.69, 9.17) is 16.3 Å². The molecule has 0 heterocycles. The summed E-state index contributed by atoms with van der Waals surface area (Å²) in [6, 6.07) is 22.1. The quantitative estimate of drug-likeness (QED) is 0.314. The molecular formula is C31H38ClN3O5S. The Labute approximate surface area is 248 Å². The van der Waals surface area contributed by atoms with Gasteiger partial charge < -0.3 is 15.0 Å². The Bertz CT molecular complexity index is 1420. The van der Waals surface area contributed by atoms with E-state index in [1.165, 1.54) is 4.90 Å². The second-order valence-corrected chi connectivity index (χ2v) is 13.1. The van der Waals surface area contributed by atoms with E-state index < -0.39 is 34.1 Å². The number of hydrogen-bond donors (Lipinski definition) is 1. The van der Waals surface area contributed by atoms with Gasteiger partial charge in [0, 0.05) is 23.5 Å².